The van der Waals surface area contributed by atoms with Crippen LogP contribution >= 0.6 is 11.3 Å². The molecule has 0 aliphatic carbocycles. The van der Waals surface area contributed by atoms with Gasteiger partial charge < -0.3 is 0 Å². The molecule has 0 saturated heterocycles. The lowest BCUT2D eigenvalue weighted by atomic mass is 10.0. The molecule has 0 atom stereocenters. The lowest BCUT2D eigenvalue weighted by Gasteiger charge is -1.99. The quantitative estimate of drug-likeness (QED) is 0.397. The lowest BCUT2D eigenvalue weighted by molar-refractivity contribution is -0.384. The van der Waals surface area contributed by atoms with Crippen molar-refractivity contribution in [2.24, 2.45) is 0 Å². The number of nitro groups is 1. The van der Waals surface area contributed by atoms with E-state index >= 15 is 0 Å². The second-order valence-electron chi connectivity index (χ2n) is 4.70. The van der Waals surface area contributed by atoms with Crippen molar-refractivity contribution in [3.63, 3.8) is 0 Å². The van der Waals surface area contributed by atoms with E-state index in [1.54, 1.807) is 30.3 Å². The van der Waals surface area contributed by atoms with Gasteiger partial charge in [-0.1, -0.05) is 18.2 Å². The number of hydrogen-bond donors (Lipinski definition) is 0. The Morgan fingerprint density at radius 3 is 2.62 bits per heavy atom. The average Bonchev–Trinajstić information content (AvgIpc) is 2.94. The van der Waals surface area contributed by atoms with Crippen molar-refractivity contribution < 1.29 is 13.3 Å². The zero-order chi connectivity index (χ0) is 14.8. The van der Waals surface area contributed by atoms with Gasteiger partial charge in [-0.25, -0.2) is 8.42 Å². The molecule has 0 unspecified atom stereocenters. The number of thiophene rings is 1. The van der Waals surface area contributed by atoms with Crippen molar-refractivity contribution in [1.29, 1.82) is 0 Å². The van der Waals surface area contributed by atoms with Crippen LogP contribution in [0.25, 0.3) is 21.2 Å². The fourth-order valence-corrected chi connectivity index (χ4v) is 5.99. The SMILES string of the molecule is O=[N+]([O-])c1ccc2c3c(sc2c1)S(=O)(=O)c1ccccc1-3. The summed E-state index contributed by atoms with van der Waals surface area (Å²) in [6.45, 7) is 0. The van der Waals surface area contributed by atoms with Crippen LogP contribution in [-0.2, 0) is 9.84 Å². The fraction of sp³-hybridized carbons (Fsp3) is 0. The van der Waals surface area contributed by atoms with Gasteiger partial charge in [0.1, 0.15) is 4.21 Å². The summed E-state index contributed by atoms with van der Waals surface area (Å²) < 4.78 is 26.0. The molecule has 0 saturated carbocycles. The molecule has 2 aromatic carbocycles. The average molecular weight is 317 g/mol. The standard InChI is InChI=1S/C14H7NO4S2/c16-15(17)8-5-6-9-11(7-8)20-14-13(9)10-3-1-2-4-12(10)21(14,18)19/h1-7H. The molecule has 0 fully saturated rings. The Balaban J connectivity index is 2.14. The maximum Gasteiger partial charge on any atom is 0.270 e. The maximum absolute atomic E-state index is 12.5. The number of non-ortho nitro benzene ring substituents is 1. The zero-order valence-corrected chi connectivity index (χ0v) is 12.1. The van der Waals surface area contributed by atoms with Crippen LogP contribution in [-0.4, -0.2) is 13.3 Å². The maximum atomic E-state index is 12.5. The van der Waals surface area contributed by atoms with Crippen molar-refractivity contribution in [3.8, 4) is 11.1 Å². The number of rotatable bonds is 1. The van der Waals surface area contributed by atoms with E-state index < -0.39 is 14.8 Å². The van der Waals surface area contributed by atoms with Gasteiger partial charge in [0.2, 0.25) is 9.84 Å². The van der Waals surface area contributed by atoms with E-state index in [4.69, 9.17) is 0 Å². The Bertz CT molecular complexity index is 1030. The molecule has 0 radical (unpaired) electrons. The van der Waals surface area contributed by atoms with Crippen LogP contribution < -0.4 is 0 Å². The number of hydrogen-bond acceptors (Lipinski definition) is 5. The van der Waals surface area contributed by atoms with E-state index in [-0.39, 0.29) is 9.90 Å². The van der Waals surface area contributed by atoms with Gasteiger partial charge in [0.15, 0.2) is 0 Å². The first-order valence-corrected chi connectivity index (χ1v) is 8.35. The first kappa shape index (κ1) is 12.5. The molecule has 1 aliphatic heterocycles. The van der Waals surface area contributed by atoms with Gasteiger partial charge in [-0.15, -0.1) is 11.3 Å². The molecule has 1 aromatic heterocycles. The third-order valence-electron chi connectivity index (χ3n) is 3.54. The van der Waals surface area contributed by atoms with Gasteiger partial charge in [-0.05, 0) is 12.1 Å². The molecule has 0 N–H and O–H groups in total. The zero-order valence-electron chi connectivity index (χ0n) is 10.4. The Labute approximate surface area is 123 Å². The monoisotopic (exact) mass is 317 g/mol. The highest BCUT2D eigenvalue weighted by molar-refractivity contribution is 7.94. The third kappa shape index (κ3) is 1.52. The predicted molar refractivity (Wildman–Crippen MR) is 79.4 cm³/mol. The highest BCUT2D eigenvalue weighted by atomic mass is 32.2. The van der Waals surface area contributed by atoms with Crippen LogP contribution in [0.1, 0.15) is 0 Å². The van der Waals surface area contributed by atoms with Gasteiger partial charge in [0, 0.05) is 33.3 Å². The van der Waals surface area contributed by atoms with Crippen LogP contribution in [0.3, 0.4) is 0 Å². The minimum absolute atomic E-state index is 0.0342. The van der Waals surface area contributed by atoms with Crippen molar-refractivity contribution in [2.45, 2.75) is 9.10 Å². The molecule has 0 spiro atoms. The summed E-state index contributed by atoms with van der Waals surface area (Å²) in [6.07, 6.45) is 0. The summed E-state index contributed by atoms with van der Waals surface area (Å²) >= 11 is 1.09. The molecule has 0 amide bonds. The van der Waals surface area contributed by atoms with Gasteiger partial charge >= 0.3 is 0 Å². The van der Waals surface area contributed by atoms with Gasteiger partial charge in [0.25, 0.3) is 5.69 Å². The third-order valence-corrected chi connectivity index (χ3v) is 7.02. The summed E-state index contributed by atoms with van der Waals surface area (Å²) in [7, 11) is -3.51. The van der Waals surface area contributed by atoms with Crippen molar-refractivity contribution in [1.82, 2.24) is 0 Å². The summed E-state index contributed by atoms with van der Waals surface area (Å²) in [5, 5.41) is 11.6. The van der Waals surface area contributed by atoms with Crippen LogP contribution in [0.2, 0.25) is 0 Å². The Morgan fingerprint density at radius 2 is 1.86 bits per heavy atom. The smallest absolute Gasteiger partial charge is 0.258 e. The second-order valence-corrected chi connectivity index (χ2v) is 7.87. The molecule has 7 heteroatoms. The van der Waals surface area contributed by atoms with E-state index in [9.17, 15) is 18.5 Å². The van der Waals surface area contributed by atoms with E-state index in [0.717, 1.165) is 16.7 Å². The minimum Gasteiger partial charge on any atom is -0.258 e. The number of nitrogens with zero attached hydrogens (tertiary/aromatic N) is 1. The fourth-order valence-electron chi connectivity index (χ4n) is 2.63. The normalized spacial score (nSPS) is 14.9. The largest absolute Gasteiger partial charge is 0.270 e. The first-order chi connectivity index (χ1) is 10.00. The molecule has 4 rings (SSSR count). The van der Waals surface area contributed by atoms with Crippen LogP contribution in [0.15, 0.2) is 51.6 Å². The topological polar surface area (TPSA) is 77.3 Å². The molecule has 1 aliphatic rings. The van der Waals surface area contributed by atoms with Crippen LogP contribution in [0, 0.1) is 10.1 Å². The Morgan fingerprint density at radius 1 is 1.10 bits per heavy atom. The summed E-state index contributed by atoms with van der Waals surface area (Å²) in [5.41, 5.74) is 1.31. The Hall–Kier alpha value is -2.25. The Kier molecular flexibility index (Phi) is 2.32. The number of nitro benzene ring substituents is 1. The lowest BCUT2D eigenvalue weighted by Crippen LogP contribution is -1.93. The summed E-state index contributed by atoms with van der Waals surface area (Å²) in [4.78, 5) is 10.7. The van der Waals surface area contributed by atoms with Crippen LogP contribution in [0.5, 0.6) is 0 Å². The molecular formula is C14H7NO4S2. The molecule has 104 valence electrons. The molecule has 21 heavy (non-hydrogen) atoms. The second kappa shape index (κ2) is 3.90. The number of fused-ring (bicyclic) bond motifs is 5. The van der Waals surface area contributed by atoms with E-state index in [1.807, 2.05) is 0 Å². The van der Waals surface area contributed by atoms with E-state index in [1.165, 1.54) is 12.1 Å². The van der Waals surface area contributed by atoms with Crippen molar-refractivity contribution in [3.05, 3.63) is 52.6 Å². The number of sulfone groups is 1. The first-order valence-electron chi connectivity index (χ1n) is 6.05. The molecule has 2 heterocycles. The molecule has 5 nitrogen and oxygen atoms in total. The molecular weight excluding hydrogens is 310 g/mol. The number of benzene rings is 2. The highest BCUT2D eigenvalue weighted by Crippen LogP contribution is 2.51. The van der Waals surface area contributed by atoms with Crippen molar-refractivity contribution >= 4 is 36.9 Å². The van der Waals surface area contributed by atoms with Crippen molar-refractivity contribution in [2.75, 3.05) is 0 Å². The van der Waals surface area contributed by atoms with Gasteiger partial charge in [-0.2, -0.15) is 0 Å². The molecule has 3 aromatic rings. The van der Waals surface area contributed by atoms with E-state index in [0.29, 0.717) is 20.7 Å². The van der Waals surface area contributed by atoms with E-state index in [2.05, 4.69) is 0 Å². The van der Waals surface area contributed by atoms with Gasteiger partial charge in [0.05, 0.1) is 9.82 Å². The van der Waals surface area contributed by atoms with Gasteiger partial charge in [-0.3, -0.25) is 10.1 Å². The molecule has 0 bridgehead atoms. The minimum atomic E-state index is -3.51. The summed E-state index contributed by atoms with van der Waals surface area (Å²) in [5.74, 6) is 0. The highest BCUT2D eigenvalue weighted by Gasteiger charge is 2.36. The van der Waals surface area contributed by atoms with Crippen LogP contribution in [0.4, 0.5) is 5.69 Å². The summed E-state index contributed by atoms with van der Waals surface area (Å²) in [6, 6.07) is 11.3. The predicted octanol–water partition coefficient (Wildman–Crippen LogP) is 3.62.